The number of rotatable bonds is 11. The minimum absolute atomic E-state index is 0.0409. The second-order valence-corrected chi connectivity index (χ2v) is 10.4. The van der Waals surface area contributed by atoms with Gasteiger partial charge >= 0.3 is 0 Å². The molecule has 4 rings (SSSR count). The van der Waals surface area contributed by atoms with E-state index in [1.54, 1.807) is 60.7 Å². The van der Waals surface area contributed by atoms with E-state index in [2.05, 4.69) is 15.4 Å². The zero-order valence-electron chi connectivity index (χ0n) is 21.5. The van der Waals surface area contributed by atoms with Gasteiger partial charge in [0.1, 0.15) is 30.5 Å². The molecule has 3 N–H and O–H groups in total. The van der Waals surface area contributed by atoms with E-state index in [-0.39, 0.29) is 16.6 Å². The third kappa shape index (κ3) is 7.95. The van der Waals surface area contributed by atoms with Gasteiger partial charge in [-0.25, -0.2) is 8.42 Å². The Hall–Kier alpha value is -4.61. The van der Waals surface area contributed by atoms with Gasteiger partial charge in [0.05, 0.1) is 17.6 Å². The van der Waals surface area contributed by atoms with Crippen LogP contribution >= 0.6 is 12.2 Å². The van der Waals surface area contributed by atoms with E-state index < -0.39 is 15.9 Å². The van der Waals surface area contributed by atoms with E-state index in [9.17, 15) is 13.2 Å². The van der Waals surface area contributed by atoms with Gasteiger partial charge in [0.15, 0.2) is 5.11 Å². The molecule has 0 unspecified atom stereocenters. The SMILES string of the molecule is COc1ccc(NS(=O)(=O)c2ccc(NC(=S)NC(=O)c3ccccc3OCCOc3ccccc3)cc2)cc1. The second kappa shape index (κ2) is 13.5. The monoisotopic (exact) mass is 577 g/mol. The summed E-state index contributed by atoms with van der Waals surface area (Å²) < 4.78 is 44.4. The van der Waals surface area contributed by atoms with Gasteiger partial charge in [0.2, 0.25) is 0 Å². The van der Waals surface area contributed by atoms with Crippen molar-refractivity contribution in [1.82, 2.24) is 5.32 Å². The highest BCUT2D eigenvalue weighted by molar-refractivity contribution is 7.92. The number of methoxy groups -OCH3 is 1. The number of hydrogen-bond acceptors (Lipinski definition) is 7. The van der Waals surface area contributed by atoms with Crippen molar-refractivity contribution >= 4 is 44.6 Å². The normalized spacial score (nSPS) is 10.7. The topological polar surface area (TPSA) is 115 Å². The summed E-state index contributed by atoms with van der Waals surface area (Å²) in [5.41, 5.74) is 1.20. The molecule has 4 aromatic rings. The van der Waals surface area contributed by atoms with Crippen LogP contribution in [0.1, 0.15) is 10.4 Å². The Balaban J connectivity index is 1.30. The Morgan fingerprint density at radius 3 is 2.08 bits per heavy atom. The molecule has 0 saturated heterocycles. The predicted molar refractivity (Wildman–Crippen MR) is 158 cm³/mol. The van der Waals surface area contributed by atoms with Gasteiger partial charge in [-0.3, -0.25) is 14.8 Å². The lowest BCUT2D eigenvalue weighted by Gasteiger charge is -2.14. The molecule has 0 aliphatic rings. The maximum atomic E-state index is 12.9. The highest BCUT2D eigenvalue weighted by Crippen LogP contribution is 2.21. The fourth-order valence-corrected chi connectivity index (χ4v) is 4.80. The largest absolute Gasteiger partial charge is 0.497 e. The van der Waals surface area contributed by atoms with Crippen LogP contribution in [-0.2, 0) is 10.0 Å². The van der Waals surface area contributed by atoms with Crippen molar-refractivity contribution in [3.63, 3.8) is 0 Å². The van der Waals surface area contributed by atoms with Gasteiger partial charge in [-0.15, -0.1) is 0 Å². The number of thiocarbonyl (C=S) groups is 1. The Bertz CT molecular complexity index is 1550. The molecule has 0 fully saturated rings. The molecule has 0 spiro atoms. The molecule has 4 aromatic carbocycles. The molecule has 0 saturated carbocycles. The summed E-state index contributed by atoms with van der Waals surface area (Å²) in [5, 5.41) is 5.54. The summed E-state index contributed by atoms with van der Waals surface area (Å²) in [7, 11) is -2.28. The second-order valence-electron chi connectivity index (χ2n) is 8.27. The van der Waals surface area contributed by atoms with Crippen LogP contribution in [0.2, 0.25) is 0 Å². The van der Waals surface area contributed by atoms with E-state index in [1.807, 2.05) is 30.3 Å². The molecular weight excluding hydrogens is 550 g/mol. The predicted octanol–water partition coefficient (Wildman–Crippen LogP) is 5.08. The summed E-state index contributed by atoms with van der Waals surface area (Å²) in [5.74, 6) is 1.27. The molecule has 0 bridgehead atoms. The third-order valence-corrected chi connectivity index (χ3v) is 7.08. The van der Waals surface area contributed by atoms with Crippen LogP contribution in [0.25, 0.3) is 0 Å². The quantitative estimate of drug-likeness (QED) is 0.167. The van der Waals surface area contributed by atoms with Crippen molar-refractivity contribution < 1.29 is 27.4 Å². The van der Waals surface area contributed by atoms with E-state index in [1.165, 1.54) is 19.2 Å². The van der Waals surface area contributed by atoms with Gasteiger partial charge in [-0.1, -0.05) is 30.3 Å². The lowest BCUT2D eigenvalue weighted by atomic mass is 10.2. The number of benzene rings is 4. The average molecular weight is 578 g/mol. The minimum Gasteiger partial charge on any atom is -0.497 e. The molecule has 0 radical (unpaired) electrons. The molecule has 206 valence electrons. The first-order valence-electron chi connectivity index (χ1n) is 12.1. The Labute approximate surface area is 238 Å². The first kappa shape index (κ1) is 28.4. The van der Waals surface area contributed by atoms with Crippen LogP contribution in [0, 0.1) is 0 Å². The fraction of sp³-hybridized carbons (Fsp3) is 0.103. The molecule has 0 aliphatic carbocycles. The summed E-state index contributed by atoms with van der Waals surface area (Å²) in [6.45, 7) is 0.547. The maximum absolute atomic E-state index is 12.9. The Morgan fingerprint density at radius 2 is 1.38 bits per heavy atom. The van der Waals surface area contributed by atoms with Crippen LogP contribution in [0.5, 0.6) is 17.2 Å². The summed E-state index contributed by atoms with van der Waals surface area (Å²) in [4.78, 5) is 12.9. The number of amides is 1. The highest BCUT2D eigenvalue weighted by atomic mass is 32.2. The van der Waals surface area contributed by atoms with E-state index in [4.69, 9.17) is 26.4 Å². The first-order valence-corrected chi connectivity index (χ1v) is 14.0. The van der Waals surface area contributed by atoms with Crippen LogP contribution in [-0.4, -0.2) is 39.8 Å². The number of hydrogen-bond donors (Lipinski definition) is 3. The van der Waals surface area contributed by atoms with Gasteiger partial charge < -0.3 is 19.5 Å². The molecule has 1 amide bonds. The van der Waals surface area contributed by atoms with Gasteiger partial charge in [0, 0.05) is 11.4 Å². The number of para-hydroxylation sites is 2. The summed E-state index contributed by atoms with van der Waals surface area (Å²) >= 11 is 5.28. The molecule has 0 aromatic heterocycles. The zero-order chi connectivity index (χ0) is 28.4. The molecular formula is C29H27N3O6S2. The van der Waals surface area contributed by atoms with Gasteiger partial charge in [0.25, 0.3) is 15.9 Å². The summed E-state index contributed by atoms with van der Waals surface area (Å²) in [6.07, 6.45) is 0. The molecule has 40 heavy (non-hydrogen) atoms. The van der Waals surface area contributed by atoms with Crippen LogP contribution in [0.4, 0.5) is 11.4 Å². The smallest absolute Gasteiger partial charge is 0.261 e. The zero-order valence-corrected chi connectivity index (χ0v) is 23.1. The van der Waals surface area contributed by atoms with Gasteiger partial charge in [-0.2, -0.15) is 0 Å². The van der Waals surface area contributed by atoms with Crippen molar-refractivity contribution in [3.05, 3.63) is 109 Å². The lowest BCUT2D eigenvalue weighted by molar-refractivity contribution is 0.0972. The van der Waals surface area contributed by atoms with Crippen molar-refractivity contribution in [2.75, 3.05) is 30.4 Å². The maximum Gasteiger partial charge on any atom is 0.261 e. The highest BCUT2D eigenvalue weighted by Gasteiger charge is 2.16. The number of ether oxygens (including phenoxy) is 3. The third-order valence-electron chi connectivity index (χ3n) is 5.48. The minimum atomic E-state index is -3.81. The molecule has 11 heteroatoms. The number of nitrogens with one attached hydrogen (secondary N) is 3. The van der Waals surface area contributed by atoms with E-state index >= 15 is 0 Å². The van der Waals surface area contributed by atoms with Crippen LogP contribution < -0.4 is 29.6 Å². The average Bonchev–Trinajstić information content (AvgIpc) is 2.96. The van der Waals surface area contributed by atoms with Crippen molar-refractivity contribution in [3.8, 4) is 17.2 Å². The lowest BCUT2D eigenvalue weighted by Crippen LogP contribution is -2.34. The van der Waals surface area contributed by atoms with Crippen LogP contribution in [0.15, 0.2) is 108 Å². The molecule has 9 nitrogen and oxygen atoms in total. The Morgan fingerprint density at radius 1 is 0.750 bits per heavy atom. The molecule has 0 heterocycles. The number of carbonyl (C=O) groups excluding carboxylic acids is 1. The van der Waals surface area contributed by atoms with E-state index in [0.717, 1.165) is 5.75 Å². The summed E-state index contributed by atoms with van der Waals surface area (Å²) in [6, 6.07) is 28.6. The van der Waals surface area contributed by atoms with Crippen molar-refractivity contribution in [2.24, 2.45) is 0 Å². The first-order chi connectivity index (χ1) is 19.3. The van der Waals surface area contributed by atoms with E-state index in [0.29, 0.717) is 35.0 Å². The standard InChI is InChI=1S/C29H27N3O6S2/c1-36-23-15-11-22(12-16-23)32-40(34,35)25-17-13-21(14-18-25)30-29(39)31-28(33)26-9-5-6-10-27(26)38-20-19-37-24-7-3-2-4-8-24/h2-18,32H,19-20H2,1H3,(H2,30,31,33,39). The Kier molecular flexibility index (Phi) is 9.55. The number of sulfonamides is 1. The fourth-order valence-electron chi connectivity index (χ4n) is 3.53. The molecule has 0 aliphatic heterocycles. The van der Waals surface area contributed by atoms with Gasteiger partial charge in [-0.05, 0) is 85.0 Å². The van der Waals surface area contributed by atoms with Crippen molar-refractivity contribution in [1.29, 1.82) is 0 Å². The number of carbonyl (C=O) groups is 1. The van der Waals surface area contributed by atoms with Crippen LogP contribution in [0.3, 0.4) is 0 Å². The number of anilines is 2. The van der Waals surface area contributed by atoms with Crippen molar-refractivity contribution in [2.45, 2.75) is 4.90 Å². The molecule has 0 atom stereocenters.